The van der Waals surface area contributed by atoms with E-state index in [1.54, 1.807) is 0 Å². The van der Waals surface area contributed by atoms with Gasteiger partial charge >= 0.3 is 0 Å². The first kappa shape index (κ1) is 22.8. The molecule has 0 saturated carbocycles. The van der Waals surface area contributed by atoms with Gasteiger partial charge in [0.1, 0.15) is 41.7 Å². The smallest absolute Gasteiger partial charge is 0.229 e. The van der Waals surface area contributed by atoms with Gasteiger partial charge in [-0.25, -0.2) is 0 Å². The van der Waals surface area contributed by atoms with Gasteiger partial charge in [0.25, 0.3) is 0 Å². The molecule has 0 bridgehead atoms. The van der Waals surface area contributed by atoms with Gasteiger partial charge in [-0.1, -0.05) is 0 Å². The van der Waals surface area contributed by atoms with E-state index in [2.05, 4.69) is 0 Å². The fourth-order valence-electron chi connectivity index (χ4n) is 3.66. The summed E-state index contributed by atoms with van der Waals surface area (Å²) in [6.07, 6.45) is -9.17. The minimum Gasteiger partial charge on any atom is -0.508 e. The molecular formula is C21H22O12. The molecule has 2 aromatic carbocycles. The van der Waals surface area contributed by atoms with Crippen molar-refractivity contribution in [3.63, 3.8) is 0 Å². The number of aromatic hydroxyl groups is 5. The highest BCUT2D eigenvalue weighted by atomic mass is 16.7. The molecule has 0 spiro atoms. The van der Waals surface area contributed by atoms with Crippen LogP contribution in [0, 0.1) is 0 Å². The zero-order valence-corrected chi connectivity index (χ0v) is 17.0. The van der Waals surface area contributed by atoms with Crippen molar-refractivity contribution in [2.24, 2.45) is 0 Å². The van der Waals surface area contributed by atoms with Crippen LogP contribution in [0.4, 0.5) is 0 Å². The lowest BCUT2D eigenvalue weighted by Crippen LogP contribution is -2.57. The third kappa shape index (κ3) is 3.83. The largest absolute Gasteiger partial charge is 0.508 e. The summed E-state index contributed by atoms with van der Waals surface area (Å²) in [6, 6.07) is 3.99. The number of aliphatic hydroxyl groups excluding tert-OH is 4. The van der Waals surface area contributed by atoms with E-state index in [9.17, 15) is 46.0 Å². The first-order chi connectivity index (χ1) is 15.5. The average molecular weight is 466 g/mol. The maximum absolute atomic E-state index is 11.0. The van der Waals surface area contributed by atoms with Gasteiger partial charge in [-0.2, -0.15) is 0 Å². The van der Waals surface area contributed by atoms with Crippen LogP contribution < -0.4 is 4.74 Å². The topological polar surface area (TPSA) is 210 Å². The van der Waals surface area contributed by atoms with E-state index in [0.717, 1.165) is 24.3 Å². The summed E-state index contributed by atoms with van der Waals surface area (Å²) in [7, 11) is 0. The number of rotatable bonds is 3. The SMILES string of the molecule is C[C@@H]1O[C@@H](OC2=C(c3cc(O)c(O)c(O)c3)Oc3cc(O)cc(O)c3[C@@H]2O)[C@H](O)[C@H](O)[C@H]1O. The Morgan fingerprint density at radius 3 is 2.06 bits per heavy atom. The molecule has 9 N–H and O–H groups in total. The Balaban J connectivity index is 1.84. The predicted octanol–water partition coefficient (Wildman–Crippen LogP) is -0.147. The zero-order valence-electron chi connectivity index (χ0n) is 17.0. The molecule has 4 rings (SSSR count). The van der Waals surface area contributed by atoms with Crippen molar-refractivity contribution in [3.05, 3.63) is 41.2 Å². The zero-order chi connectivity index (χ0) is 24.2. The molecule has 0 radical (unpaired) electrons. The summed E-state index contributed by atoms with van der Waals surface area (Å²) in [5.41, 5.74) is -0.318. The van der Waals surface area contributed by atoms with Crippen LogP contribution in [0.2, 0.25) is 0 Å². The van der Waals surface area contributed by atoms with E-state index in [0.29, 0.717) is 0 Å². The highest BCUT2D eigenvalue weighted by Crippen LogP contribution is 2.49. The van der Waals surface area contributed by atoms with Gasteiger partial charge in [-0.15, -0.1) is 0 Å². The summed E-state index contributed by atoms with van der Waals surface area (Å²) < 4.78 is 16.7. The Kier molecular flexibility index (Phi) is 5.64. The minimum absolute atomic E-state index is 0.107. The van der Waals surface area contributed by atoms with Crippen LogP contribution in [-0.4, -0.2) is 76.7 Å². The maximum Gasteiger partial charge on any atom is 0.229 e. The number of ether oxygens (including phenoxy) is 3. The van der Waals surface area contributed by atoms with Crippen LogP contribution in [0.3, 0.4) is 0 Å². The van der Waals surface area contributed by atoms with Gasteiger partial charge in [-0.3, -0.25) is 0 Å². The second-order valence-electron chi connectivity index (χ2n) is 7.74. The molecule has 0 amide bonds. The first-order valence-corrected chi connectivity index (χ1v) is 9.77. The number of hydrogen-bond acceptors (Lipinski definition) is 12. The average Bonchev–Trinajstić information content (AvgIpc) is 2.74. The van der Waals surface area contributed by atoms with Crippen LogP contribution in [0.25, 0.3) is 5.76 Å². The lowest BCUT2D eigenvalue weighted by atomic mass is 9.98. The van der Waals surface area contributed by atoms with E-state index < -0.39 is 71.3 Å². The second kappa shape index (κ2) is 8.17. The van der Waals surface area contributed by atoms with Gasteiger partial charge in [0, 0.05) is 17.7 Å². The van der Waals surface area contributed by atoms with Gasteiger partial charge in [-0.05, 0) is 19.1 Å². The Morgan fingerprint density at radius 1 is 0.788 bits per heavy atom. The number of phenols is 5. The lowest BCUT2D eigenvalue weighted by molar-refractivity contribution is -0.285. The molecule has 2 aliphatic heterocycles. The number of phenolic OH excluding ortho intramolecular Hbond substituents is 5. The Labute approximate surface area is 186 Å². The molecule has 178 valence electrons. The summed E-state index contributed by atoms with van der Waals surface area (Å²) in [4.78, 5) is 0. The van der Waals surface area contributed by atoms with Crippen LogP contribution >= 0.6 is 0 Å². The molecule has 0 aromatic heterocycles. The van der Waals surface area contributed by atoms with Crippen LogP contribution in [0.1, 0.15) is 24.2 Å². The minimum atomic E-state index is -1.77. The number of fused-ring (bicyclic) bond motifs is 1. The highest BCUT2D eigenvalue weighted by molar-refractivity contribution is 5.73. The Morgan fingerprint density at radius 2 is 1.42 bits per heavy atom. The van der Waals surface area contributed by atoms with Crippen LogP contribution in [-0.2, 0) is 9.47 Å². The molecule has 2 heterocycles. The van der Waals surface area contributed by atoms with Gasteiger partial charge in [0.05, 0.1) is 11.7 Å². The van der Waals surface area contributed by atoms with E-state index in [1.807, 2.05) is 0 Å². The van der Waals surface area contributed by atoms with Crippen molar-refractivity contribution < 1.29 is 60.2 Å². The van der Waals surface area contributed by atoms with E-state index in [1.165, 1.54) is 6.92 Å². The molecular weight excluding hydrogens is 444 g/mol. The summed E-state index contributed by atoms with van der Waals surface area (Å²) in [5, 5.41) is 90.8. The van der Waals surface area contributed by atoms with Crippen LogP contribution in [0.5, 0.6) is 34.5 Å². The van der Waals surface area contributed by atoms with Crippen molar-refractivity contribution in [3.8, 4) is 34.5 Å². The molecule has 12 nitrogen and oxygen atoms in total. The van der Waals surface area contributed by atoms with Gasteiger partial charge in [0.2, 0.25) is 6.29 Å². The van der Waals surface area contributed by atoms with Gasteiger partial charge in [0.15, 0.2) is 28.8 Å². The standard InChI is InChI=1S/C21H22O12/c1-6-14(26)17(29)18(30)21(31-6)33-20-16(28)13-9(23)4-8(22)5-12(13)32-19(20)7-2-10(24)15(27)11(25)3-7/h2-6,14,16-18,21-30H,1H3/t6-,14-,16-,17+,18+,21-/m0/s1. The fraction of sp³-hybridized carbons (Fsp3) is 0.333. The number of hydrogen-bond donors (Lipinski definition) is 9. The van der Waals surface area contributed by atoms with Crippen molar-refractivity contribution in [2.75, 3.05) is 0 Å². The number of benzene rings is 2. The summed E-state index contributed by atoms with van der Waals surface area (Å²) >= 11 is 0. The van der Waals surface area contributed by atoms with Gasteiger partial charge < -0.3 is 60.2 Å². The van der Waals surface area contributed by atoms with Crippen molar-refractivity contribution in [2.45, 2.75) is 43.7 Å². The molecule has 1 saturated heterocycles. The van der Waals surface area contributed by atoms with E-state index in [-0.39, 0.29) is 22.6 Å². The van der Waals surface area contributed by atoms with Crippen molar-refractivity contribution in [1.29, 1.82) is 0 Å². The lowest BCUT2D eigenvalue weighted by Gasteiger charge is -2.40. The monoisotopic (exact) mass is 466 g/mol. The third-order valence-electron chi connectivity index (χ3n) is 5.45. The van der Waals surface area contributed by atoms with Crippen LogP contribution in [0.15, 0.2) is 30.0 Å². The number of aliphatic hydroxyl groups is 4. The Bertz CT molecular complexity index is 1090. The molecule has 12 heteroatoms. The molecule has 33 heavy (non-hydrogen) atoms. The second-order valence-corrected chi connectivity index (χ2v) is 7.74. The van der Waals surface area contributed by atoms with E-state index >= 15 is 0 Å². The summed E-state index contributed by atoms with van der Waals surface area (Å²) in [5.74, 6) is -4.23. The highest BCUT2D eigenvalue weighted by Gasteiger charge is 2.45. The molecule has 0 aliphatic carbocycles. The van der Waals surface area contributed by atoms with Crippen molar-refractivity contribution >= 4 is 5.76 Å². The maximum atomic E-state index is 11.0. The molecule has 1 fully saturated rings. The molecule has 0 unspecified atom stereocenters. The first-order valence-electron chi connectivity index (χ1n) is 9.77. The molecule has 2 aromatic rings. The molecule has 2 aliphatic rings. The van der Waals surface area contributed by atoms with E-state index in [4.69, 9.17) is 14.2 Å². The van der Waals surface area contributed by atoms with Crippen molar-refractivity contribution in [1.82, 2.24) is 0 Å². The predicted molar refractivity (Wildman–Crippen MR) is 107 cm³/mol. The third-order valence-corrected chi connectivity index (χ3v) is 5.45. The quantitative estimate of drug-likeness (QED) is 0.271. The molecule has 6 atom stereocenters. The normalized spacial score (nSPS) is 29.4. The fourth-order valence-corrected chi connectivity index (χ4v) is 3.66. The Hall–Kier alpha value is -3.42. The summed E-state index contributed by atoms with van der Waals surface area (Å²) in [6.45, 7) is 1.42.